The largest absolute Gasteiger partial charge is 0.374 e. The average Bonchev–Trinajstić information content (AvgIpc) is 2.48. The lowest BCUT2D eigenvalue weighted by Crippen LogP contribution is -2.45. The number of benzene rings is 1. The summed E-state index contributed by atoms with van der Waals surface area (Å²) < 4.78 is 11.6. The molecule has 1 N–H and O–H groups in total. The summed E-state index contributed by atoms with van der Waals surface area (Å²) in [6, 6.07) is 10.2. The third-order valence-electron chi connectivity index (χ3n) is 3.53. The Bertz CT molecular complexity index is 568. The summed E-state index contributed by atoms with van der Waals surface area (Å²) in [5.74, 6) is 0. The topological polar surface area (TPSA) is 43.4 Å². The fraction of sp³-hybridized carbons (Fsp3) is 0.438. The molecule has 1 fully saturated rings. The number of para-hydroxylation sites is 1. The molecular weight excluding hydrogens is 252 g/mol. The highest BCUT2D eigenvalue weighted by atomic mass is 16.5. The molecule has 2 heterocycles. The Labute approximate surface area is 119 Å². The highest BCUT2D eigenvalue weighted by Gasteiger charge is 2.18. The quantitative estimate of drug-likeness (QED) is 0.926. The molecule has 1 aromatic heterocycles. The standard InChI is InChI=1S/C16H20N2O2/c1-12-8-17-9-14(20-12)11-19-10-13-6-7-18-16-5-3-2-4-15(13)16/h2-7,12,14,17H,8-11H2,1H3. The first-order valence-electron chi connectivity index (χ1n) is 7.09. The van der Waals surface area contributed by atoms with Gasteiger partial charge < -0.3 is 14.8 Å². The Balaban J connectivity index is 1.60. The van der Waals surface area contributed by atoms with Crippen LogP contribution in [0.5, 0.6) is 0 Å². The lowest BCUT2D eigenvalue weighted by atomic mass is 10.1. The van der Waals surface area contributed by atoms with Crippen molar-refractivity contribution in [1.29, 1.82) is 0 Å². The van der Waals surface area contributed by atoms with Crippen LogP contribution in [-0.2, 0) is 16.1 Å². The number of nitrogens with zero attached hydrogens (tertiary/aromatic N) is 1. The molecule has 0 saturated carbocycles. The maximum absolute atomic E-state index is 5.82. The van der Waals surface area contributed by atoms with Crippen LogP contribution in [0.3, 0.4) is 0 Å². The number of rotatable bonds is 4. The van der Waals surface area contributed by atoms with Crippen LogP contribution in [0.2, 0.25) is 0 Å². The molecule has 106 valence electrons. The van der Waals surface area contributed by atoms with E-state index >= 15 is 0 Å². The molecule has 4 heteroatoms. The molecule has 0 spiro atoms. The zero-order chi connectivity index (χ0) is 13.8. The van der Waals surface area contributed by atoms with Gasteiger partial charge in [0.1, 0.15) is 0 Å². The zero-order valence-electron chi connectivity index (χ0n) is 11.7. The maximum atomic E-state index is 5.82. The van der Waals surface area contributed by atoms with Gasteiger partial charge in [-0.1, -0.05) is 18.2 Å². The Hall–Kier alpha value is -1.49. The predicted molar refractivity (Wildman–Crippen MR) is 78.6 cm³/mol. The SMILES string of the molecule is CC1CNCC(COCc2ccnc3ccccc23)O1. The van der Waals surface area contributed by atoms with Gasteiger partial charge in [0.15, 0.2) is 0 Å². The van der Waals surface area contributed by atoms with Crippen LogP contribution in [0, 0.1) is 0 Å². The minimum absolute atomic E-state index is 0.145. The summed E-state index contributed by atoms with van der Waals surface area (Å²) in [5.41, 5.74) is 2.19. The highest BCUT2D eigenvalue weighted by molar-refractivity contribution is 5.81. The van der Waals surface area contributed by atoms with E-state index in [9.17, 15) is 0 Å². The summed E-state index contributed by atoms with van der Waals surface area (Å²) in [4.78, 5) is 4.36. The van der Waals surface area contributed by atoms with Gasteiger partial charge >= 0.3 is 0 Å². The molecule has 2 aromatic rings. The van der Waals surface area contributed by atoms with Crippen LogP contribution >= 0.6 is 0 Å². The van der Waals surface area contributed by atoms with Crippen LogP contribution in [0.4, 0.5) is 0 Å². The predicted octanol–water partition coefficient (Wildman–Crippen LogP) is 2.13. The van der Waals surface area contributed by atoms with Gasteiger partial charge in [-0.3, -0.25) is 4.98 Å². The summed E-state index contributed by atoms with van der Waals surface area (Å²) in [6.45, 7) is 5.08. The average molecular weight is 272 g/mol. The van der Waals surface area contributed by atoms with Crippen LogP contribution in [0.25, 0.3) is 10.9 Å². The van der Waals surface area contributed by atoms with Gasteiger partial charge in [0.2, 0.25) is 0 Å². The van der Waals surface area contributed by atoms with Crippen molar-refractivity contribution in [3.05, 3.63) is 42.1 Å². The van der Waals surface area contributed by atoms with Gasteiger partial charge in [-0.15, -0.1) is 0 Å². The van der Waals surface area contributed by atoms with Gasteiger partial charge in [-0.25, -0.2) is 0 Å². The number of fused-ring (bicyclic) bond motifs is 1. The van der Waals surface area contributed by atoms with E-state index in [1.54, 1.807) is 0 Å². The second kappa shape index (κ2) is 6.31. The van der Waals surface area contributed by atoms with Crippen LogP contribution in [-0.4, -0.2) is 36.9 Å². The highest BCUT2D eigenvalue weighted by Crippen LogP contribution is 2.17. The van der Waals surface area contributed by atoms with Crippen molar-refractivity contribution in [2.24, 2.45) is 0 Å². The van der Waals surface area contributed by atoms with E-state index in [0.717, 1.165) is 24.0 Å². The monoisotopic (exact) mass is 272 g/mol. The van der Waals surface area contributed by atoms with Crippen LogP contribution < -0.4 is 5.32 Å². The molecule has 1 aliphatic rings. The number of hydrogen-bond donors (Lipinski definition) is 1. The zero-order valence-corrected chi connectivity index (χ0v) is 11.7. The molecule has 3 rings (SSSR count). The number of hydrogen-bond acceptors (Lipinski definition) is 4. The van der Waals surface area contributed by atoms with Gasteiger partial charge in [-0.2, -0.15) is 0 Å². The maximum Gasteiger partial charge on any atom is 0.0936 e. The van der Waals surface area contributed by atoms with E-state index in [4.69, 9.17) is 9.47 Å². The minimum Gasteiger partial charge on any atom is -0.374 e. The lowest BCUT2D eigenvalue weighted by molar-refractivity contribution is -0.0715. The first-order chi connectivity index (χ1) is 9.83. The molecule has 2 atom stereocenters. The van der Waals surface area contributed by atoms with Gasteiger partial charge in [0, 0.05) is 24.7 Å². The van der Waals surface area contributed by atoms with E-state index in [1.807, 2.05) is 30.5 Å². The van der Waals surface area contributed by atoms with Crippen LogP contribution in [0.1, 0.15) is 12.5 Å². The molecule has 0 radical (unpaired) electrons. The summed E-state index contributed by atoms with van der Waals surface area (Å²) in [6.07, 6.45) is 2.24. The van der Waals surface area contributed by atoms with Crippen molar-refractivity contribution in [3.63, 3.8) is 0 Å². The number of pyridine rings is 1. The van der Waals surface area contributed by atoms with Crippen molar-refractivity contribution in [2.75, 3.05) is 19.7 Å². The molecule has 20 heavy (non-hydrogen) atoms. The second-order valence-corrected chi connectivity index (χ2v) is 5.23. The lowest BCUT2D eigenvalue weighted by Gasteiger charge is -2.28. The molecule has 4 nitrogen and oxygen atoms in total. The number of aromatic nitrogens is 1. The third-order valence-corrected chi connectivity index (χ3v) is 3.53. The van der Waals surface area contributed by atoms with E-state index < -0.39 is 0 Å². The molecule has 1 aromatic carbocycles. The minimum atomic E-state index is 0.145. The molecular formula is C16H20N2O2. The van der Waals surface area contributed by atoms with Crippen molar-refractivity contribution in [1.82, 2.24) is 10.3 Å². The van der Waals surface area contributed by atoms with Crippen molar-refractivity contribution >= 4 is 10.9 Å². The smallest absolute Gasteiger partial charge is 0.0936 e. The van der Waals surface area contributed by atoms with Crippen molar-refractivity contribution in [2.45, 2.75) is 25.7 Å². The third kappa shape index (κ3) is 3.15. The summed E-state index contributed by atoms with van der Waals surface area (Å²) in [7, 11) is 0. The number of morpholine rings is 1. The summed E-state index contributed by atoms with van der Waals surface area (Å²) >= 11 is 0. The van der Waals surface area contributed by atoms with Crippen LogP contribution in [0.15, 0.2) is 36.5 Å². The fourth-order valence-corrected chi connectivity index (χ4v) is 2.55. The van der Waals surface area contributed by atoms with Gasteiger partial charge in [-0.05, 0) is 24.6 Å². The molecule has 1 saturated heterocycles. The van der Waals surface area contributed by atoms with Gasteiger partial charge in [0.25, 0.3) is 0 Å². The fourth-order valence-electron chi connectivity index (χ4n) is 2.55. The molecule has 1 aliphatic heterocycles. The Morgan fingerprint density at radius 1 is 1.30 bits per heavy atom. The molecule has 0 aliphatic carbocycles. The van der Waals surface area contributed by atoms with Crippen molar-refractivity contribution < 1.29 is 9.47 Å². The molecule has 0 amide bonds. The number of nitrogens with one attached hydrogen (secondary N) is 1. The first kappa shape index (κ1) is 13.5. The first-order valence-corrected chi connectivity index (χ1v) is 7.09. The Kier molecular flexibility index (Phi) is 4.25. The van der Waals surface area contributed by atoms with Gasteiger partial charge in [0.05, 0.1) is 30.9 Å². The van der Waals surface area contributed by atoms with Crippen molar-refractivity contribution in [3.8, 4) is 0 Å². The van der Waals surface area contributed by atoms with E-state index in [-0.39, 0.29) is 12.2 Å². The van der Waals surface area contributed by atoms with E-state index in [0.29, 0.717) is 13.2 Å². The van der Waals surface area contributed by atoms with E-state index in [2.05, 4.69) is 23.3 Å². The van der Waals surface area contributed by atoms with E-state index in [1.165, 1.54) is 5.56 Å². The molecule has 2 unspecified atom stereocenters. The normalized spacial score (nSPS) is 23.1. The molecule has 0 bridgehead atoms. The second-order valence-electron chi connectivity index (χ2n) is 5.23. The summed E-state index contributed by atoms with van der Waals surface area (Å²) in [5, 5.41) is 4.51. The Morgan fingerprint density at radius 2 is 2.20 bits per heavy atom. The Morgan fingerprint density at radius 3 is 3.10 bits per heavy atom. The number of ether oxygens (including phenoxy) is 2.